The summed E-state index contributed by atoms with van der Waals surface area (Å²) in [6, 6.07) is 22.9. The summed E-state index contributed by atoms with van der Waals surface area (Å²) in [7, 11) is 0. The van der Waals surface area contributed by atoms with E-state index in [2.05, 4.69) is 53.3 Å². The summed E-state index contributed by atoms with van der Waals surface area (Å²) < 4.78 is 0. The number of benzene rings is 2. The van der Waals surface area contributed by atoms with E-state index in [0.717, 1.165) is 34.4 Å². The lowest BCUT2D eigenvalue weighted by molar-refractivity contribution is 0.795. The molecule has 0 amide bonds. The molecule has 0 aliphatic carbocycles. The van der Waals surface area contributed by atoms with Crippen molar-refractivity contribution in [2.45, 2.75) is 32.6 Å². The predicted molar refractivity (Wildman–Crippen MR) is 115 cm³/mol. The lowest BCUT2D eigenvalue weighted by atomic mass is 10.0. The van der Waals surface area contributed by atoms with Crippen molar-refractivity contribution < 1.29 is 0 Å². The summed E-state index contributed by atoms with van der Waals surface area (Å²) in [5, 5.41) is 0. The Hall–Kier alpha value is -3.27. The Morgan fingerprint density at radius 2 is 1.57 bits per heavy atom. The molecule has 0 bridgehead atoms. The smallest absolute Gasteiger partial charge is 0.220 e. The summed E-state index contributed by atoms with van der Waals surface area (Å²) in [6.45, 7) is 2.22. The number of nitrogen functional groups attached to an aromatic ring is 1. The normalized spacial score (nSPS) is 11.0. The topological polar surface area (TPSA) is 64.7 Å². The molecule has 0 aliphatic rings. The van der Waals surface area contributed by atoms with Gasteiger partial charge in [-0.3, -0.25) is 0 Å². The molecule has 28 heavy (non-hydrogen) atoms. The van der Waals surface area contributed by atoms with E-state index in [9.17, 15) is 0 Å². The highest BCUT2D eigenvalue weighted by Crippen LogP contribution is 2.24. The fourth-order valence-corrected chi connectivity index (χ4v) is 3.39. The molecule has 0 saturated carbocycles. The first-order valence-corrected chi connectivity index (χ1v) is 9.79. The molecule has 4 aromatic rings. The highest BCUT2D eigenvalue weighted by atomic mass is 15.0. The van der Waals surface area contributed by atoms with Crippen LogP contribution in [0.5, 0.6) is 0 Å². The molecule has 2 N–H and O–H groups in total. The molecule has 140 valence electrons. The highest BCUT2D eigenvalue weighted by molar-refractivity contribution is 5.81. The van der Waals surface area contributed by atoms with Gasteiger partial charge in [0.25, 0.3) is 0 Å². The van der Waals surface area contributed by atoms with Gasteiger partial charge in [0.05, 0.1) is 16.9 Å². The Morgan fingerprint density at radius 3 is 2.32 bits per heavy atom. The van der Waals surface area contributed by atoms with E-state index in [1.165, 1.54) is 24.0 Å². The molecule has 0 unspecified atom stereocenters. The first kappa shape index (κ1) is 18.1. The van der Waals surface area contributed by atoms with Crippen molar-refractivity contribution in [3.05, 3.63) is 83.6 Å². The average molecular weight is 368 g/mol. The summed E-state index contributed by atoms with van der Waals surface area (Å²) in [6.07, 6.45) is 4.23. The molecule has 0 spiro atoms. The maximum atomic E-state index is 5.93. The standard InChI is InChI=1S/C24H24N4/c1-2-3-7-17-10-12-19(13-11-17)20-14-15-21-23(26-20)22(28-24(25)27-21)16-18-8-5-4-6-9-18/h4-6,8-15H,2-3,7,16H2,1H3,(H2,25,27,28). The maximum Gasteiger partial charge on any atom is 0.220 e. The molecule has 0 fully saturated rings. The minimum Gasteiger partial charge on any atom is -0.368 e. The molecule has 4 rings (SSSR count). The van der Waals surface area contributed by atoms with Crippen LogP contribution in [0.4, 0.5) is 5.95 Å². The van der Waals surface area contributed by atoms with E-state index in [1.807, 2.05) is 30.3 Å². The number of pyridine rings is 1. The Balaban J connectivity index is 1.71. The van der Waals surface area contributed by atoms with E-state index >= 15 is 0 Å². The molecule has 4 nitrogen and oxygen atoms in total. The van der Waals surface area contributed by atoms with Crippen LogP contribution < -0.4 is 5.73 Å². The van der Waals surface area contributed by atoms with E-state index in [1.54, 1.807) is 0 Å². The SMILES string of the molecule is CCCCc1ccc(-c2ccc3nc(N)nc(Cc4ccccc4)c3n2)cc1. The van der Waals surface area contributed by atoms with Crippen LogP contribution in [0.25, 0.3) is 22.3 Å². The molecule has 2 heterocycles. The van der Waals surface area contributed by atoms with Gasteiger partial charge in [-0.15, -0.1) is 0 Å². The van der Waals surface area contributed by atoms with Crippen molar-refractivity contribution >= 4 is 17.0 Å². The third kappa shape index (κ3) is 4.01. The number of hydrogen-bond donors (Lipinski definition) is 1. The molecule has 0 aliphatic heterocycles. The predicted octanol–water partition coefficient (Wildman–Crippen LogP) is 5.21. The average Bonchev–Trinajstić information content (AvgIpc) is 2.73. The molecular formula is C24H24N4. The van der Waals surface area contributed by atoms with Gasteiger partial charge < -0.3 is 5.73 Å². The van der Waals surface area contributed by atoms with E-state index in [0.29, 0.717) is 6.42 Å². The quantitative estimate of drug-likeness (QED) is 0.507. The summed E-state index contributed by atoms with van der Waals surface area (Å²) >= 11 is 0. The van der Waals surface area contributed by atoms with E-state index in [-0.39, 0.29) is 5.95 Å². The number of hydrogen-bond acceptors (Lipinski definition) is 4. The number of aryl methyl sites for hydroxylation is 1. The van der Waals surface area contributed by atoms with E-state index in [4.69, 9.17) is 10.7 Å². The van der Waals surface area contributed by atoms with Gasteiger partial charge in [0.2, 0.25) is 5.95 Å². The monoisotopic (exact) mass is 368 g/mol. The molecule has 2 aromatic heterocycles. The highest BCUT2D eigenvalue weighted by Gasteiger charge is 2.11. The van der Waals surface area contributed by atoms with Gasteiger partial charge >= 0.3 is 0 Å². The second-order valence-electron chi connectivity index (χ2n) is 7.06. The van der Waals surface area contributed by atoms with Crippen LogP contribution in [0.2, 0.25) is 0 Å². The number of aromatic nitrogens is 3. The first-order chi connectivity index (χ1) is 13.7. The lowest BCUT2D eigenvalue weighted by Crippen LogP contribution is -2.03. The fourth-order valence-electron chi connectivity index (χ4n) is 3.39. The Labute approximate surface area is 165 Å². The lowest BCUT2D eigenvalue weighted by Gasteiger charge is -2.09. The summed E-state index contributed by atoms with van der Waals surface area (Å²) in [4.78, 5) is 13.7. The molecule has 4 heteroatoms. The molecule has 0 atom stereocenters. The van der Waals surface area contributed by atoms with Crippen molar-refractivity contribution in [1.29, 1.82) is 0 Å². The third-order valence-corrected chi connectivity index (χ3v) is 4.91. The van der Waals surface area contributed by atoms with Gasteiger partial charge in [-0.25, -0.2) is 15.0 Å². The van der Waals surface area contributed by atoms with Gasteiger partial charge in [0, 0.05) is 12.0 Å². The van der Waals surface area contributed by atoms with Crippen molar-refractivity contribution in [2.24, 2.45) is 0 Å². The van der Waals surface area contributed by atoms with Gasteiger partial charge in [0.15, 0.2) is 0 Å². The van der Waals surface area contributed by atoms with Gasteiger partial charge in [0.1, 0.15) is 5.52 Å². The zero-order chi connectivity index (χ0) is 19.3. The number of rotatable bonds is 6. The van der Waals surface area contributed by atoms with E-state index < -0.39 is 0 Å². The van der Waals surface area contributed by atoms with Crippen LogP contribution in [-0.4, -0.2) is 15.0 Å². The first-order valence-electron chi connectivity index (χ1n) is 9.79. The van der Waals surface area contributed by atoms with Gasteiger partial charge in [-0.05, 0) is 36.1 Å². The Morgan fingerprint density at radius 1 is 0.786 bits per heavy atom. The second kappa shape index (κ2) is 8.17. The Bertz CT molecular complexity index is 1070. The minimum absolute atomic E-state index is 0.285. The third-order valence-electron chi connectivity index (χ3n) is 4.91. The number of nitrogens with two attached hydrogens (primary N) is 1. The van der Waals surface area contributed by atoms with Crippen LogP contribution in [0.15, 0.2) is 66.7 Å². The number of unbranched alkanes of at least 4 members (excludes halogenated alkanes) is 1. The zero-order valence-electron chi connectivity index (χ0n) is 16.1. The molecule has 2 aromatic carbocycles. The number of anilines is 1. The van der Waals surface area contributed by atoms with Crippen molar-refractivity contribution in [3.8, 4) is 11.3 Å². The molecule has 0 radical (unpaired) electrons. The number of fused-ring (bicyclic) bond motifs is 1. The van der Waals surface area contributed by atoms with Crippen molar-refractivity contribution in [2.75, 3.05) is 5.73 Å². The molecule has 0 saturated heterocycles. The van der Waals surface area contributed by atoms with Crippen LogP contribution in [0.3, 0.4) is 0 Å². The van der Waals surface area contributed by atoms with Crippen molar-refractivity contribution in [3.63, 3.8) is 0 Å². The number of nitrogens with zero attached hydrogens (tertiary/aromatic N) is 3. The molecular weight excluding hydrogens is 344 g/mol. The van der Waals surface area contributed by atoms with Crippen LogP contribution >= 0.6 is 0 Å². The van der Waals surface area contributed by atoms with Gasteiger partial charge in [-0.1, -0.05) is 67.9 Å². The van der Waals surface area contributed by atoms with Gasteiger partial charge in [-0.2, -0.15) is 0 Å². The fraction of sp³-hybridized carbons (Fsp3) is 0.208. The zero-order valence-corrected chi connectivity index (χ0v) is 16.1. The largest absolute Gasteiger partial charge is 0.368 e. The second-order valence-corrected chi connectivity index (χ2v) is 7.06. The van der Waals surface area contributed by atoms with Crippen molar-refractivity contribution in [1.82, 2.24) is 15.0 Å². The van der Waals surface area contributed by atoms with Crippen LogP contribution in [-0.2, 0) is 12.8 Å². The van der Waals surface area contributed by atoms with Crippen LogP contribution in [0.1, 0.15) is 36.6 Å². The summed E-state index contributed by atoms with van der Waals surface area (Å²) in [5.74, 6) is 0.285. The van der Waals surface area contributed by atoms with Crippen LogP contribution in [0, 0.1) is 0 Å². The minimum atomic E-state index is 0.285. The maximum absolute atomic E-state index is 5.93. The summed E-state index contributed by atoms with van der Waals surface area (Å²) in [5.41, 5.74) is 13.0. The Kier molecular flexibility index (Phi) is 5.29.